The van der Waals surface area contributed by atoms with Crippen LogP contribution < -0.4 is 10.6 Å². The fraction of sp³-hybridized carbons (Fsp3) is 0.273. The van der Waals surface area contributed by atoms with Crippen molar-refractivity contribution in [2.75, 3.05) is 5.32 Å². The molecule has 2 heterocycles. The Morgan fingerprint density at radius 3 is 2.77 bits per heavy atom. The van der Waals surface area contributed by atoms with Crippen molar-refractivity contribution in [3.8, 4) is 6.07 Å². The molecule has 160 valence electrons. The largest absolute Gasteiger partial charge is 0.340 e. The summed E-state index contributed by atoms with van der Waals surface area (Å²) in [4.78, 5) is 38.3. The van der Waals surface area contributed by atoms with E-state index in [9.17, 15) is 18.8 Å². The average Bonchev–Trinajstić information content (AvgIpc) is 3.28. The van der Waals surface area contributed by atoms with E-state index in [4.69, 9.17) is 16.9 Å². The highest BCUT2D eigenvalue weighted by Crippen LogP contribution is 2.30. The smallest absolute Gasteiger partial charge is 0.296 e. The fourth-order valence-electron chi connectivity index (χ4n) is 3.68. The van der Waals surface area contributed by atoms with Crippen molar-refractivity contribution in [1.82, 2.24) is 9.88 Å². The lowest BCUT2D eigenvalue weighted by molar-refractivity contribution is -0.116. The van der Waals surface area contributed by atoms with Gasteiger partial charge in [0.2, 0.25) is 0 Å². The number of benzene rings is 1. The molecule has 0 aliphatic carbocycles. The third kappa shape index (κ3) is 4.52. The summed E-state index contributed by atoms with van der Waals surface area (Å²) in [6, 6.07) is 5.77. The molecule has 1 aromatic carbocycles. The van der Waals surface area contributed by atoms with Crippen LogP contribution >= 0.6 is 11.6 Å². The zero-order valence-electron chi connectivity index (χ0n) is 16.8. The monoisotopic (exact) mass is 442 g/mol. The highest BCUT2D eigenvalue weighted by molar-refractivity contribution is 6.44. The molecule has 0 saturated carbocycles. The standard InChI is InChI=1S/C22H20ClFN4O3/c1-12(5-3-9-25)26-22(31)20(29)18-13(2)19(28-10-4-6-17(18)28)21(30)27-14-7-8-16(24)15(23)11-14/h7-8,11H,1,3-6,10H2,2H3,(H,26,31)(H,27,30). The molecule has 2 N–H and O–H groups in total. The second-order valence-corrected chi connectivity index (χ2v) is 7.59. The van der Waals surface area contributed by atoms with Gasteiger partial charge < -0.3 is 15.2 Å². The van der Waals surface area contributed by atoms with Crippen molar-refractivity contribution < 1.29 is 18.8 Å². The van der Waals surface area contributed by atoms with E-state index in [-0.39, 0.29) is 34.8 Å². The quantitative estimate of drug-likeness (QED) is 0.501. The van der Waals surface area contributed by atoms with Crippen LogP contribution in [0.2, 0.25) is 5.02 Å². The molecule has 2 aromatic rings. The van der Waals surface area contributed by atoms with Crippen LogP contribution in [0, 0.1) is 24.1 Å². The van der Waals surface area contributed by atoms with Crippen LogP contribution in [-0.2, 0) is 17.8 Å². The van der Waals surface area contributed by atoms with Gasteiger partial charge in [-0.2, -0.15) is 5.26 Å². The maximum atomic E-state index is 13.4. The maximum Gasteiger partial charge on any atom is 0.296 e. The number of ketones is 1. The molecule has 1 aliphatic rings. The molecule has 0 radical (unpaired) electrons. The third-order valence-corrected chi connectivity index (χ3v) is 5.35. The number of aromatic nitrogens is 1. The highest BCUT2D eigenvalue weighted by Gasteiger charge is 2.33. The minimum absolute atomic E-state index is 0.126. The molecule has 0 unspecified atom stereocenters. The first-order valence-corrected chi connectivity index (χ1v) is 10.0. The number of hydrogen-bond donors (Lipinski definition) is 2. The predicted octanol–water partition coefficient (Wildman–Crippen LogP) is 3.90. The van der Waals surface area contributed by atoms with E-state index in [0.717, 1.165) is 12.5 Å². The number of hydrogen-bond acceptors (Lipinski definition) is 4. The van der Waals surface area contributed by atoms with Crippen LogP contribution in [0.1, 0.15) is 51.4 Å². The lowest BCUT2D eigenvalue weighted by Gasteiger charge is -2.09. The van der Waals surface area contributed by atoms with Crippen LogP contribution in [0.25, 0.3) is 0 Å². The summed E-state index contributed by atoms with van der Waals surface area (Å²) in [6.07, 6.45) is 1.71. The van der Waals surface area contributed by atoms with Gasteiger partial charge in [-0.25, -0.2) is 4.39 Å². The van der Waals surface area contributed by atoms with Crippen molar-refractivity contribution in [3.05, 3.63) is 63.8 Å². The summed E-state index contributed by atoms with van der Waals surface area (Å²) in [5, 5.41) is 13.6. The maximum absolute atomic E-state index is 13.4. The highest BCUT2D eigenvalue weighted by atomic mass is 35.5. The lowest BCUT2D eigenvalue weighted by Crippen LogP contribution is -2.31. The van der Waals surface area contributed by atoms with E-state index in [2.05, 4.69) is 17.2 Å². The van der Waals surface area contributed by atoms with Gasteiger partial charge in [-0.05, 0) is 49.9 Å². The van der Waals surface area contributed by atoms with Gasteiger partial charge in [0.1, 0.15) is 11.5 Å². The SMILES string of the molecule is C=C(CCC#N)NC(=O)C(=O)c1c(C)c(C(=O)Nc2ccc(F)c(Cl)c2)n2c1CCC2. The Kier molecular flexibility index (Phi) is 6.56. The summed E-state index contributed by atoms with van der Waals surface area (Å²) in [6.45, 7) is 5.80. The molecular formula is C22H20ClFN4O3. The third-order valence-electron chi connectivity index (χ3n) is 5.06. The molecule has 7 nitrogen and oxygen atoms in total. The number of rotatable bonds is 7. The van der Waals surface area contributed by atoms with Gasteiger partial charge in [-0.1, -0.05) is 18.2 Å². The molecule has 0 saturated heterocycles. The number of carbonyl (C=O) groups excluding carboxylic acids is 3. The summed E-state index contributed by atoms with van der Waals surface area (Å²) in [5.74, 6) is -2.70. The minimum atomic E-state index is -0.858. The summed E-state index contributed by atoms with van der Waals surface area (Å²) >= 11 is 5.78. The number of nitriles is 1. The Labute approximate surface area is 183 Å². The number of Topliss-reactive ketones (excluding diaryl/α,β-unsaturated/α-hetero) is 1. The molecule has 1 aliphatic heterocycles. The van der Waals surface area contributed by atoms with E-state index in [0.29, 0.717) is 29.9 Å². The van der Waals surface area contributed by atoms with Crippen LogP contribution in [0.3, 0.4) is 0 Å². The van der Waals surface area contributed by atoms with Gasteiger partial charge in [-0.3, -0.25) is 14.4 Å². The second kappa shape index (κ2) is 9.14. The molecule has 1 aromatic heterocycles. The molecule has 0 fully saturated rings. The number of fused-ring (bicyclic) bond motifs is 1. The van der Waals surface area contributed by atoms with Crippen LogP contribution in [0.4, 0.5) is 10.1 Å². The molecule has 3 rings (SSSR count). The topological polar surface area (TPSA) is 104 Å². The number of allylic oxidation sites excluding steroid dienone is 1. The number of amides is 2. The predicted molar refractivity (Wildman–Crippen MR) is 113 cm³/mol. The summed E-state index contributed by atoms with van der Waals surface area (Å²) < 4.78 is 15.1. The van der Waals surface area contributed by atoms with Crippen LogP contribution in [0.15, 0.2) is 30.5 Å². The van der Waals surface area contributed by atoms with Gasteiger partial charge >= 0.3 is 0 Å². The fourth-order valence-corrected chi connectivity index (χ4v) is 3.86. The van der Waals surface area contributed by atoms with Crippen molar-refractivity contribution >= 4 is 34.9 Å². The number of nitrogens with one attached hydrogen (secondary N) is 2. The van der Waals surface area contributed by atoms with Crippen LogP contribution in [0.5, 0.6) is 0 Å². The molecule has 2 amide bonds. The molecule has 0 spiro atoms. The first kappa shape index (κ1) is 22.2. The van der Waals surface area contributed by atoms with E-state index in [1.807, 2.05) is 6.07 Å². The Balaban J connectivity index is 1.88. The average molecular weight is 443 g/mol. The molecule has 9 heteroatoms. The lowest BCUT2D eigenvalue weighted by atomic mass is 10.0. The first-order valence-electron chi connectivity index (χ1n) is 9.63. The minimum Gasteiger partial charge on any atom is -0.340 e. The van der Waals surface area contributed by atoms with Crippen LogP contribution in [-0.4, -0.2) is 22.2 Å². The number of carbonyl (C=O) groups is 3. The first-order chi connectivity index (χ1) is 14.7. The van der Waals surface area contributed by atoms with Gasteiger partial charge in [0, 0.05) is 30.0 Å². The van der Waals surface area contributed by atoms with Gasteiger partial charge in [-0.15, -0.1) is 0 Å². The number of nitrogens with zero attached hydrogens (tertiary/aromatic N) is 2. The molecule has 31 heavy (non-hydrogen) atoms. The van der Waals surface area contributed by atoms with E-state index < -0.39 is 23.4 Å². The van der Waals surface area contributed by atoms with Crippen molar-refractivity contribution in [2.45, 2.75) is 39.2 Å². The Morgan fingerprint density at radius 1 is 1.35 bits per heavy atom. The van der Waals surface area contributed by atoms with E-state index >= 15 is 0 Å². The zero-order valence-corrected chi connectivity index (χ0v) is 17.6. The second-order valence-electron chi connectivity index (χ2n) is 7.18. The van der Waals surface area contributed by atoms with Crippen molar-refractivity contribution in [1.29, 1.82) is 5.26 Å². The number of halogens is 2. The van der Waals surface area contributed by atoms with E-state index in [1.54, 1.807) is 11.5 Å². The summed E-state index contributed by atoms with van der Waals surface area (Å²) in [7, 11) is 0. The van der Waals surface area contributed by atoms with Crippen molar-refractivity contribution in [2.24, 2.45) is 0 Å². The molecule has 0 bridgehead atoms. The summed E-state index contributed by atoms with van der Waals surface area (Å²) in [5.41, 5.74) is 2.08. The normalized spacial score (nSPS) is 12.1. The van der Waals surface area contributed by atoms with Gasteiger partial charge in [0.15, 0.2) is 0 Å². The Bertz CT molecular complexity index is 1150. The Hall–Kier alpha value is -3.44. The number of anilines is 1. The Morgan fingerprint density at radius 2 is 2.10 bits per heavy atom. The van der Waals surface area contributed by atoms with Gasteiger partial charge in [0.25, 0.3) is 17.6 Å². The molecular weight excluding hydrogens is 423 g/mol. The van der Waals surface area contributed by atoms with E-state index in [1.165, 1.54) is 12.1 Å². The molecule has 0 atom stereocenters. The van der Waals surface area contributed by atoms with Crippen molar-refractivity contribution in [3.63, 3.8) is 0 Å². The zero-order chi connectivity index (χ0) is 22.7. The van der Waals surface area contributed by atoms with Gasteiger partial charge in [0.05, 0.1) is 16.7 Å².